The van der Waals surface area contributed by atoms with Crippen LogP contribution in [0.3, 0.4) is 0 Å². The second-order valence-electron chi connectivity index (χ2n) is 6.46. The third-order valence-electron chi connectivity index (χ3n) is 4.66. The number of imidazole rings is 1. The van der Waals surface area contributed by atoms with Crippen molar-refractivity contribution in [3.05, 3.63) is 23.8 Å². The SMILES string of the molecule is Cl.Nc1nc2ccc(C(=O)NC(CC3CCCCC3)C(=O)O)cc2[nH]1. The van der Waals surface area contributed by atoms with E-state index >= 15 is 0 Å². The van der Waals surface area contributed by atoms with Gasteiger partial charge in [-0.3, -0.25) is 4.79 Å². The van der Waals surface area contributed by atoms with E-state index in [1.54, 1.807) is 18.2 Å². The molecule has 1 fully saturated rings. The lowest BCUT2D eigenvalue weighted by molar-refractivity contribution is -0.139. The fourth-order valence-corrected chi connectivity index (χ4v) is 3.39. The number of aromatic amines is 1. The highest BCUT2D eigenvalue weighted by atomic mass is 35.5. The normalized spacial score (nSPS) is 16.2. The third kappa shape index (κ3) is 4.63. The first-order valence-electron chi connectivity index (χ1n) is 8.32. The monoisotopic (exact) mass is 366 g/mol. The van der Waals surface area contributed by atoms with Crippen LogP contribution in [0.1, 0.15) is 48.9 Å². The Morgan fingerprint density at radius 2 is 2.04 bits per heavy atom. The molecular weight excluding hydrogens is 344 g/mol. The Labute approximate surface area is 151 Å². The van der Waals surface area contributed by atoms with Crippen molar-refractivity contribution >= 4 is 41.3 Å². The smallest absolute Gasteiger partial charge is 0.326 e. The van der Waals surface area contributed by atoms with Crippen molar-refractivity contribution in [2.75, 3.05) is 5.73 Å². The van der Waals surface area contributed by atoms with Gasteiger partial charge in [0.1, 0.15) is 6.04 Å². The van der Waals surface area contributed by atoms with Crippen LogP contribution in [0.5, 0.6) is 0 Å². The van der Waals surface area contributed by atoms with Crippen molar-refractivity contribution in [3.8, 4) is 0 Å². The highest BCUT2D eigenvalue weighted by molar-refractivity contribution is 5.99. The lowest BCUT2D eigenvalue weighted by Gasteiger charge is -2.25. The van der Waals surface area contributed by atoms with Gasteiger partial charge in [-0.25, -0.2) is 9.78 Å². The highest BCUT2D eigenvalue weighted by Crippen LogP contribution is 2.27. The lowest BCUT2D eigenvalue weighted by atomic mass is 9.85. The molecule has 8 heteroatoms. The predicted molar refractivity (Wildman–Crippen MR) is 97.8 cm³/mol. The number of carboxylic acid groups (broad SMARTS) is 1. The van der Waals surface area contributed by atoms with Gasteiger partial charge in [-0.05, 0) is 30.5 Å². The minimum absolute atomic E-state index is 0. The molecule has 1 atom stereocenters. The summed E-state index contributed by atoms with van der Waals surface area (Å²) in [6, 6.07) is 4.09. The molecule has 1 aliphatic rings. The maximum atomic E-state index is 12.4. The van der Waals surface area contributed by atoms with Gasteiger partial charge in [-0.2, -0.15) is 0 Å². The van der Waals surface area contributed by atoms with E-state index in [1.165, 1.54) is 6.42 Å². The number of H-pyrrole nitrogens is 1. The number of nitrogens with one attached hydrogen (secondary N) is 2. The van der Waals surface area contributed by atoms with Crippen LogP contribution in [0, 0.1) is 5.92 Å². The molecule has 0 radical (unpaired) electrons. The van der Waals surface area contributed by atoms with Crippen molar-refractivity contribution < 1.29 is 14.7 Å². The molecule has 7 nitrogen and oxygen atoms in total. The van der Waals surface area contributed by atoms with Crippen LogP contribution in [-0.2, 0) is 4.79 Å². The highest BCUT2D eigenvalue weighted by Gasteiger charge is 2.26. The molecule has 0 aliphatic heterocycles. The van der Waals surface area contributed by atoms with Gasteiger partial charge in [-0.1, -0.05) is 32.1 Å². The van der Waals surface area contributed by atoms with Crippen LogP contribution in [0.2, 0.25) is 0 Å². The number of hydrogen-bond donors (Lipinski definition) is 4. The van der Waals surface area contributed by atoms with E-state index in [0.29, 0.717) is 28.9 Å². The average Bonchev–Trinajstić information content (AvgIpc) is 2.94. The largest absolute Gasteiger partial charge is 0.480 e. The lowest BCUT2D eigenvalue weighted by Crippen LogP contribution is -2.42. The van der Waals surface area contributed by atoms with Crippen LogP contribution < -0.4 is 11.1 Å². The van der Waals surface area contributed by atoms with Gasteiger partial charge in [0.05, 0.1) is 11.0 Å². The molecule has 1 unspecified atom stereocenters. The number of rotatable bonds is 5. The van der Waals surface area contributed by atoms with Crippen LogP contribution in [0.25, 0.3) is 11.0 Å². The number of nitrogen functional groups attached to an aromatic ring is 1. The van der Waals surface area contributed by atoms with Gasteiger partial charge in [0, 0.05) is 5.56 Å². The van der Waals surface area contributed by atoms with Crippen molar-refractivity contribution in [1.29, 1.82) is 0 Å². The second kappa shape index (κ2) is 8.20. The number of aromatic nitrogens is 2. The Bertz CT molecular complexity index is 755. The summed E-state index contributed by atoms with van der Waals surface area (Å²) >= 11 is 0. The molecule has 0 spiro atoms. The van der Waals surface area contributed by atoms with Gasteiger partial charge < -0.3 is 21.1 Å². The Kier molecular flexibility index (Phi) is 6.25. The summed E-state index contributed by atoms with van der Waals surface area (Å²) in [5, 5.41) is 12.1. The number of hydrogen-bond acceptors (Lipinski definition) is 4. The topological polar surface area (TPSA) is 121 Å². The van der Waals surface area contributed by atoms with Gasteiger partial charge >= 0.3 is 5.97 Å². The number of aliphatic carboxylic acids is 1. The minimum atomic E-state index is -0.985. The summed E-state index contributed by atoms with van der Waals surface area (Å²) in [7, 11) is 0. The minimum Gasteiger partial charge on any atom is -0.480 e. The van der Waals surface area contributed by atoms with Gasteiger partial charge in [-0.15, -0.1) is 12.4 Å². The molecule has 2 aromatic rings. The summed E-state index contributed by atoms with van der Waals surface area (Å²) in [5.74, 6) is -0.729. The van der Waals surface area contributed by atoms with E-state index in [2.05, 4.69) is 15.3 Å². The van der Waals surface area contributed by atoms with Crippen LogP contribution in [0.15, 0.2) is 18.2 Å². The number of halogens is 1. The fraction of sp³-hybridized carbons (Fsp3) is 0.471. The number of amides is 1. The van der Waals surface area contributed by atoms with Crippen molar-refractivity contribution in [1.82, 2.24) is 15.3 Å². The third-order valence-corrected chi connectivity index (χ3v) is 4.66. The van der Waals surface area contributed by atoms with E-state index in [1.807, 2.05) is 0 Å². The molecule has 1 heterocycles. The maximum absolute atomic E-state index is 12.4. The molecule has 1 aliphatic carbocycles. The van der Waals surface area contributed by atoms with Crippen molar-refractivity contribution in [2.45, 2.75) is 44.6 Å². The van der Waals surface area contributed by atoms with Crippen LogP contribution in [-0.4, -0.2) is 33.0 Å². The summed E-state index contributed by atoms with van der Waals surface area (Å²) < 4.78 is 0. The summed E-state index contributed by atoms with van der Waals surface area (Å²) in [6.07, 6.45) is 6.07. The molecule has 136 valence electrons. The van der Waals surface area contributed by atoms with E-state index in [4.69, 9.17) is 5.73 Å². The molecule has 0 bridgehead atoms. The second-order valence-corrected chi connectivity index (χ2v) is 6.46. The van der Waals surface area contributed by atoms with E-state index in [9.17, 15) is 14.7 Å². The molecule has 25 heavy (non-hydrogen) atoms. The standard InChI is InChI=1S/C17H22N4O3.ClH/c18-17-20-12-7-6-11(9-13(12)21-17)15(22)19-14(16(23)24)8-10-4-2-1-3-5-10;/h6-7,9-10,14H,1-5,8H2,(H,19,22)(H,23,24)(H3,18,20,21);1H. The molecule has 3 rings (SSSR count). The first kappa shape index (κ1) is 19.1. The van der Waals surface area contributed by atoms with E-state index in [-0.39, 0.29) is 18.4 Å². The number of carbonyl (C=O) groups excluding carboxylic acids is 1. The van der Waals surface area contributed by atoms with Gasteiger partial charge in [0.25, 0.3) is 5.91 Å². The van der Waals surface area contributed by atoms with Crippen LogP contribution in [0.4, 0.5) is 5.95 Å². The van der Waals surface area contributed by atoms with E-state index < -0.39 is 17.9 Å². The average molecular weight is 367 g/mol. The zero-order valence-corrected chi connectivity index (χ0v) is 14.6. The molecule has 1 aromatic carbocycles. The molecule has 1 amide bonds. The first-order valence-corrected chi connectivity index (χ1v) is 8.32. The number of anilines is 1. The Hall–Kier alpha value is -2.28. The van der Waals surface area contributed by atoms with Gasteiger partial charge in [0.2, 0.25) is 0 Å². The first-order chi connectivity index (χ1) is 11.5. The molecule has 1 aromatic heterocycles. The summed E-state index contributed by atoms with van der Waals surface area (Å²) in [5.41, 5.74) is 7.31. The maximum Gasteiger partial charge on any atom is 0.326 e. The van der Waals surface area contributed by atoms with Crippen LogP contribution >= 0.6 is 12.4 Å². The van der Waals surface area contributed by atoms with Crippen molar-refractivity contribution in [3.63, 3.8) is 0 Å². The summed E-state index contributed by atoms with van der Waals surface area (Å²) in [4.78, 5) is 30.9. The number of carbonyl (C=O) groups is 2. The Balaban J connectivity index is 0.00000225. The molecule has 5 N–H and O–H groups in total. The number of benzene rings is 1. The predicted octanol–water partition coefficient (Wildman–Crippen LogP) is 2.72. The number of fused-ring (bicyclic) bond motifs is 1. The molecule has 1 saturated carbocycles. The quantitative estimate of drug-likeness (QED) is 0.648. The van der Waals surface area contributed by atoms with E-state index in [0.717, 1.165) is 25.7 Å². The number of nitrogens with zero attached hydrogens (tertiary/aromatic N) is 1. The van der Waals surface area contributed by atoms with Gasteiger partial charge in [0.15, 0.2) is 5.95 Å². The number of nitrogens with two attached hydrogens (primary N) is 1. The number of carboxylic acids is 1. The molecule has 0 saturated heterocycles. The van der Waals surface area contributed by atoms with Crippen molar-refractivity contribution in [2.24, 2.45) is 5.92 Å². The zero-order valence-electron chi connectivity index (χ0n) is 13.8. The summed E-state index contributed by atoms with van der Waals surface area (Å²) in [6.45, 7) is 0. The zero-order chi connectivity index (χ0) is 17.1. The Morgan fingerprint density at radius 3 is 2.72 bits per heavy atom. The molecular formula is C17H23ClN4O3. The Morgan fingerprint density at radius 1 is 1.32 bits per heavy atom. The fourth-order valence-electron chi connectivity index (χ4n) is 3.39.